The van der Waals surface area contributed by atoms with Crippen molar-refractivity contribution < 1.29 is 9.59 Å². The highest BCUT2D eigenvalue weighted by Gasteiger charge is 2.22. The van der Waals surface area contributed by atoms with E-state index in [4.69, 9.17) is 0 Å². The second-order valence-corrected chi connectivity index (χ2v) is 5.83. The first-order valence-corrected chi connectivity index (χ1v) is 7.92. The van der Waals surface area contributed by atoms with Gasteiger partial charge in [0.2, 0.25) is 5.91 Å². The second-order valence-electron chi connectivity index (χ2n) is 5.83. The average Bonchev–Trinajstić information content (AvgIpc) is 3.20. The number of carbonyl (C=O) groups excluding carboxylic acids is 2. The van der Waals surface area contributed by atoms with Crippen LogP contribution in [0.3, 0.4) is 0 Å². The first-order valence-electron chi connectivity index (χ1n) is 7.92. The lowest BCUT2D eigenvalue weighted by Crippen LogP contribution is -2.44. The molecule has 24 heavy (non-hydrogen) atoms. The molecule has 1 atom stereocenters. The molecule has 0 aliphatic carbocycles. The number of nitrogens with one attached hydrogen (secondary N) is 2. The molecule has 0 radical (unpaired) electrons. The zero-order valence-corrected chi connectivity index (χ0v) is 13.5. The van der Waals surface area contributed by atoms with Gasteiger partial charge in [-0.2, -0.15) is 5.10 Å². The Morgan fingerprint density at radius 3 is 2.75 bits per heavy atom. The minimum absolute atomic E-state index is 0.110. The quantitative estimate of drug-likeness (QED) is 0.868. The van der Waals surface area contributed by atoms with Crippen LogP contribution < -0.4 is 10.6 Å². The Balaban J connectivity index is 1.50. The van der Waals surface area contributed by atoms with Crippen LogP contribution in [0.4, 0.5) is 10.5 Å². The Morgan fingerprint density at radius 1 is 1.33 bits per heavy atom. The van der Waals surface area contributed by atoms with E-state index in [0.29, 0.717) is 18.7 Å². The molecule has 0 bridgehead atoms. The van der Waals surface area contributed by atoms with E-state index in [2.05, 4.69) is 20.7 Å². The summed E-state index contributed by atoms with van der Waals surface area (Å²) in [6.45, 7) is 3.20. The normalized spacial score (nSPS) is 15.4. The van der Waals surface area contributed by atoms with Crippen LogP contribution in [0, 0.1) is 0 Å². The number of anilines is 1. The first-order chi connectivity index (χ1) is 11.6. The molecule has 1 unspecified atom stereocenters. The maximum Gasteiger partial charge on any atom is 0.319 e. The average molecular weight is 328 g/mol. The zero-order valence-electron chi connectivity index (χ0n) is 13.5. The molecular formula is C16H20N6O2. The molecule has 0 spiro atoms. The van der Waals surface area contributed by atoms with Crippen LogP contribution in [0.1, 0.15) is 19.8 Å². The smallest absolute Gasteiger partial charge is 0.319 e. The van der Waals surface area contributed by atoms with Crippen molar-refractivity contribution >= 4 is 17.6 Å². The van der Waals surface area contributed by atoms with Gasteiger partial charge in [-0.05, 0) is 37.6 Å². The van der Waals surface area contributed by atoms with E-state index in [1.54, 1.807) is 28.0 Å². The molecule has 126 valence electrons. The van der Waals surface area contributed by atoms with E-state index < -0.39 is 0 Å². The number of benzene rings is 1. The van der Waals surface area contributed by atoms with Gasteiger partial charge >= 0.3 is 6.03 Å². The molecule has 3 amide bonds. The van der Waals surface area contributed by atoms with E-state index in [0.717, 1.165) is 18.7 Å². The summed E-state index contributed by atoms with van der Waals surface area (Å²) in [5, 5.41) is 9.67. The molecule has 2 N–H and O–H groups in total. The molecule has 8 heteroatoms. The van der Waals surface area contributed by atoms with Gasteiger partial charge in [-0.3, -0.25) is 4.79 Å². The molecule has 3 rings (SSSR count). The van der Waals surface area contributed by atoms with Crippen LogP contribution in [0.5, 0.6) is 0 Å². The van der Waals surface area contributed by atoms with E-state index in [9.17, 15) is 9.59 Å². The maximum atomic E-state index is 12.0. The van der Waals surface area contributed by atoms with E-state index in [-0.39, 0.29) is 18.0 Å². The monoisotopic (exact) mass is 328 g/mol. The fourth-order valence-corrected chi connectivity index (χ4v) is 2.70. The largest absolute Gasteiger partial charge is 0.341 e. The van der Waals surface area contributed by atoms with Crippen molar-refractivity contribution in [2.45, 2.75) is 25.8 Å². The van der Waals surface area contributed by atoms with Gasteiger partial charge in [0.1, 0.15) is 12.7 Å². The van der Waals surface area contributed by atoms with Crippen molar-refractivity contribution in [3.05, 3.63) is 36.9 Å². The number of likely N-dealkylation sites (tertiary alicyclic amines) is 1. The van der Waals surface area contributed by atoms with Crippen LogP contribution >= 0.6 is 0 Å². The SMILES string of the molecule is CC(CN1CCCC1=O)NC(=O)Nc1ccc(-n2cncn2)cc1. The molecule has 1 aliphatic heterocycles. The number of hydrogen-bond acceptors (Lipinski definition) is 4. The summed E-state index contributed by atoms with van der Waals surface area (Å²) < 4.78 is 1.64. The Morgan fingerprint density at radius 2 is 2.12 bits per heavy atom. The number of rotatable bonds is 5. The minimum atomic E-state index is -0.289. The molecule has 1 aliphatic rings. The predicted octanol–water partition coefficient (Wildman–Crippen LogP) is 1.40. The Bertz CT molecular complexity index is 698. The zero-order chi connectivity index (χ0) is 16.9. The molecule has 8 nitrogen and oxygen atoms in total. The lowest BCUT2D eigenvalue weighted by Gasteiger charge is -2.21. The highest BCUT2D eigenvalue weighted by atomic mass is 16.2. The van der Waals surface area contributed by atoms with Crippen molar-refractivity contribution in [1.82, 2.24) is 25.0 Å². The van der Waals surface area contributed by atoms with Crippen LogP contribution in [-0.2, 0) is 4.79 Å². The van der Waals surface area contributed by atoms with Crippen LogP contribution in [0.25, 0.3) is 5.69 Å². The van der Waals surface area contributed by atoms with Gasteiger partial charge in [0.25, 0.3) is 0 Å². The predicted molar refractivity (Wildman–Crippen MR) is 88.8 cm³/mol. The number of hydrogen-bond donors (Lipinski definition) is 2. The number of nitrogens with zero attached hydrogens (tertiary/aromatic N) is 4. The summed E-state index contributed by atoms with van der Waals surface area (Å²) in [7, 11) is 0. The Labute approximate surface area is 139 Å². The van der Waals surface area contributed by atoms with Gasteiger partial charge < -0.3 is 15.5 Å². The van der Waals surface area contributed by atoms with Gasteiger partial charge in [0.05, 0.1) is 5.69 Å². The molecule has 1 saturated heterocycles. The van der Waals surface area contributed by atoms with Gasteiger partial charge in [-0.1, -0.05) is 0 Å². The van der Waals surface area contributed by atoms with Gasteiger partial charge in [0.15, 0.2) is 0 Å². The molecule has 0 saturated carbocycles. The summed E-state index contributed by atoms with van der Waals surface area (Å²) in [6.07, 6.45) is 4.58. The number of amides is 3. The number of urea groups is 1. The van der Waals surface area contributed by atoms with Gasteiger partial charge in [0, 0.05) is 31.2 Å². The lowest BCUT2D eigenvalue weighted by molar-refractivity contribution is -0.127. The van der Waals surface area contributed by atoms with Gasteiger partial charge in [-0.15, -0.1) is 0 Å². The van der Waals surface area contributed by atoms with Gasteiger partial charge in [-0.25, -0.2) is 14.5 Å². The Kier molecular flexibility index (Phi) is 4.74. The molecular weight excluding hydrogens is 308 g/mol. The van der Waals surface area contributed by atoms with E-state index in [1.165, 1.54) is 6.33 Å². The summed E-state index contributed by atoms with van der Waals surface area (Å²) in [5.74, 6) is 0.160. The fraction of sp³-hybridized carbons (Fsp3) is 0.375. The van der Waals surface area contributed by atoms with Crippen molar-refractivity contribution in [2.75, 3.05) is 18.4 Å². The van der Waals surface area contributed by atoms with Crippen molar-refractivity contribution in [1.29, 1.82) is 0 Å². The molecule has 1 fully saturated rings. The highest BCUT2D eigenvalue weighted by Crippen LogP contribution is 2.12. The summed E-state index contributed by atoms with van der Waals surface area (Å²) in [6, 6.07) is 6.88. The second kappa shape index (κ2) is 7.12. The summed E-state index contributed by atoms with van der Waals surface area (Å²) in [4.78, 5) is 29.3. The number of carbonyl (C=O) groups is 2. The van der Waals surface area contributed by atoms with Crippen LogP contribution in [0.2, 0.25) is 0 Å². The summed E-state index contributed by atoms with van der Waals surface area (Å²) >= 11 is 0. The topological polar surface area (TPSA) is 92.2 Å². The standard InChI is InChI=1S/C16H20N6O2/c1-12(9-21-8-2-3-15(21)23)19-16(24)20-13-4-6-14(7-5-13)22-11-17-10-18-22/h4-7,10-12H,2-3,8-9H2,1H3,(H2,19,20,24). The third-order valence-electron chi connectivity index (χ3n) is 3.85. The third kappa shape index (κ3) is 3.89. The third-order valence-corrected chi connectivity index (χ3v) is 3.85. The maximum absolute atomic E-state index is 12.0. The van der Waals surface area contributed by atoms with Crippen LogP contribution in [-0.4, -0.2) is 50.7 Å². The van der Waals surface area contributed by atoms with E-state index >= 15 is 0 Å². The molecule has 2 aromatic rings. The van der Waals surface area contributed by atoms with E-state index in [1.807, 2.05) is 19.1 Å². The minimum Gasteiger partial charge on any atom is -0.341 e. The van der Waals surface area contributed by atoms with Crippen molar-refractivity contribution in [3.63, 3.8) is 0 Å². The molecule has 1 aromatic heterocycles. The molecule has 1 aromatic carbocycles. The van der Waals surface area contributed by atoms with Crippen molar-refractivity contribution in [2.24, 2.45) is 0 Å². The first kappa shape index (κ1) is 16.0. The van der Waals surface area contributed by atoms with Crippen LogP contribution in [0.15, 0.2) is 36.9 Å². The highest BCUT2D eigenvalue weighted by molar-refractivity contribution is 5.89. The molecule has 2 heterocycles. The fourth-order valence-electron chi connectivity index (χ4n) is 2.70. The van der Waals surface area contributed by atoms with Crippen molar-refractivity contribution in [3.8, 4) is 5.69 Å². The summed E-state index contributed by atoms with van der Waals surface area (Å²) in [5.41, 5.74) is 1.54. The Hall–Kier alpha value is -2.90. The lowest BCUT2D eigenvalue weighted by atomic mass is 10.3. The number of aromatic nitrogens is 3.